The highest BCUT2D eigenvalue weighted by molar-refractivity contribution is 6.45. The summed E-state index contributed by atoms with van der Waals surface area (Å²) in [5, 5.41) is 11.9. The van der Waals surface area contributed by atoms with Crippen LogP contribution in [0.1, 0.15) is 47.0 Å². The maximum atomic E-state index is 15.3. The SMILES string of the molecule is CC(C)C(=O)N1CCN(C(=O)C(=O)c2c[nH]c3c(-n4cc[n+](C5CC5C(=O)N5CCN(C(=O)C(=O)c6c[nH]c7c(-n8ccnn8)ncc(F)c67)CC5)n4)ncc(F)c23)CC1. The Labute approximate surface area is 337 Å². The predicted octanol–water partition coefficient (Wildman–Crippen LogP) is 0.396. The smallest absolute Gasteiger partial charge is 0.295 e. The number of nitrogens with one attached hydrogen (secondary N) is 2. The number of carbonyl (C=O) groups is 6. The minimum absolute atomic E-state index is 0.0300. The van der Waals surface area contributed by atoms with Gasteiger partial charge >= 0.3 is 0 Å². The van der Waals surface area contributed by atoms with Crippen molar-refractivity contribution in [2.45, 2.75) is 26.3 Å². The molecule has 0 spiro atoms. The van der Waals surface area contributed by atoms with Gasteiger partial charge in [-0.1, -0.05) is 23.7 Å². The van der Waals surface area contributed by atoms with Crippen LogP contribution < -0.4 is 4.68 Å². The molecule has 20 nitrogen and oxygen atoms in total. The van der Waals surface area contributed by atoms with E-state index < -0.39 is 40.9 Å². The van der Waals surface area contributed by atoms with Crippen molar-refractivity contribution in [1.82, 2.24) is 64.4 Å². The Kier molecular flexibility index (Phi) is 9.47. The minimum atomic E-state index is -0.903. The lowest BCUT2D eigenvalue weighted by Crippen LogP contribution is -2.53. The van der Waals surface area contributed by atoms with Crippen LogP contribution in [0.2, 0.25) is 0 Å². The number of rotatable bonds is 9. The topological polar surface area (TPSA) is 225 Å². The van der Waals surface area contributed by atoms with Crippen LogP contribution in [0.4, 0.5) is 8.78 Å². The number of amides is 4. The first-order valence-electron chi connectivity index (χ1n) is 19.3. The van der Waals surface area contributed by atoms with Gasteiger partial charge in [-0.05, 0) is 0 Å². The van der Waals surface area contributed by atoms with Crippen molar-refractivity contribution >= 4 is 57.0 Å². The highest BCUT2D eigenvalue weighted by atomic mass is 19.1. The average Bonchev–Trinajstić information content (AvgIpc) is 3.81. The second-order valence-corrected chi connectivity index (χ2v) is 15.2. The molecule has 0 aromatic carbocycles. The zero-order valence-corrected chi connectivity index (χ0v) is 32.3. The highest BCUT2D eigenvalue weighted by Gasteiger charge is 2.51. The Morgan fingerprint density at radius 2 is 1.23 bits per heavy atom. The Morgan fingerprint density at radius 1 is 0.717 bits per heavy atom. The van der Waals surface area contributed by atoms with E-state index in [2.05, 4.69) is 35.5 Å². The van der Waals surface area contributed by atoms with Crippen molar-refractivity contribution in [3.8, 4) is 11.6 Å². The number of fused-ring (bicyclic) bond motifs is 2. The Bertz CT molecular complexity index is 2730. The molecule has 22 heteroatoms. The maximum absolute atomic E-state index is 15.3. The van der Waals surface area contributed by atoms with Gasteiger partial charge in [-0.25, -0.2) is 23.4 Å². The molecule has 1 aliphatic carbocycles. The average molecular weight is 824 g/mol. The van der Waals surface area contributed by atoms with Gasteiger partial charge in [0, 0.05) is 77.1 Å². The van der Waals surface area contributed by atoms with Gasteiger partial charge in [0.25, 0.3) is 29.2 Å². The third-order valence-corrected chi connectivity index (χ3v) is 11.2. The second-order valence-electron chi connectivity index (χ2n) is 15.2. The molecule has 6 aromatic rings. The Morgan fingerprint density at radius 3 is 1.75 bits per heavy atom. The third-order valence-electron chi connectivity index (χ3n) is 11.2. The molecule has 60 heavy (non-hydrogen) atoms. The van der Waals surface area contributed by atoms with Crippen LogP contribution in [0.5, 0.6) is 0 Å². The fraction of sp³-hybridized carbons (Fsp3) is 0.368. The molecule has 2 atom stereocenters. The van der Waals surface area contributed by atoms with Crippen molar-refractivity contribution in [1.29, 1.82) is 0 Å². The molecule has 3 fully saturated rings. The van der Waals surface area contributed by atoms with E-state index in [-0.39, 0.29) is 108 Å². The van der Waals surface area contributed by atoms with Gasteiger partial charge in [0.2, 0.25) is 11.8 Å². The molecule has 2 N–H and O–H groups in total. The van der Waals surface area contributed by atoms with E-state index in [1.807, 2.05) is 0 Å². The first kappa shape index (κ1) is 38.3. The van der Waals surface area contributed by atoms with Gasteiger partial charge in [0.15, 0.2) is 29.8 Å². The molecule has 2 unspecified atom stereocenters. The van der Waals surface area contributed by atoms with E-state index in [1.54, 1.807) is 40.7 Å². The third kappa shape index (κ3) is 6.52. The van der Waals surface area contributed by atoms with Crippen molar-refractivity contribution in [2.75, 3.05) is 52.4 Å². The number of H-pyrrole nitrogens is 2. The molecular formula is C38H37F2N14O6+. The van der Waals surface area contributed by atoms with Gasteiger partial charge in [-0.2, -0.15) is 0 Å². The summed E-state index contributed by atoms with van der Waals surface area (Å²) >= 11 is 0. The number of hydrogen-bond donors (Lipinski definition) is 2. The van der Waals surface area contributed by atoms with Gasteiger partial charge in [-0.15, -0.1) is 9.78 Å². The first-order valence-corrected chi connectivity index (χ1v) is 19.3. The number of carbonyl (C=O) groups excluding carboxylic acids is 6. The summed E-state index contributed by atoms with van der Waals surface area (Å²) in [5.74, 6) is -5.40. The molecule has 3 aliphatic rings. The van der Waals surface area contributed by atoms with Crippen LogP contribution in [0.3, 0.4) is 0 Å². The van der Waals surface area contributed by atoms with Crippen molar-refractivity contribution in [2.24, 2.45) is 11.8 Å². The monoisotopic (exact) mass is 823 g/mol. The predicted molar refractivity (Wildman–Crippen MR) is 201 cm³/mol. The largest absolute Gasteiger partial charge is 0.357 e. The summed E-state index contributed by atoms with van der Waals surface area (Å²) in [6.45, 7) is 5.10. The van der Waals surface area contributed by atoms with E-state index >= 15 is 4.39 Å². The van der Waals surface area contributed by atoms with Crippen LogP contribution in [-0.2, 0) is 19.2 Å². The first-order chi connectivity index (χ1) is 28.9. The van der Waals surface area contributed by atoms with E-state index in [0.29, 0.717) is 19.5 Å². The van der Waals surface area contributed by atoms with Crippen molar-refractivity contribution in [3.05, 3.63) is 72.3 Å². The summed E-state index contributed by atoms with van der Waals surface area (Å²) in [6.07, 6.45) is 11.1. The molecule has 2 aliphatic heterocycles. The van der Waals surface area contributed by atoms with Crippen molar-refractivity contribution < 1.29 is 42.2 Å². The van der Waals surface area contributed by atoms with Crippen molar-refractivity contribution in [3.63, 3.8) is 0 Å². The number of nitrogens with zero attached hydrogens (tertiary/aromatic N) is 12. The molecular weight excluding hydrogens is 787 g/mol. The molecule has 2 saturated heterocycles. The van der Waals surface area contributed by atoms with E-state index in [9.17, 15) is 33.2 Å². The number of ketones is 2. The Hall–Kier alpha value is -7.26. The van der Waals surface area contributed by atoms with E-state index in [1.165, 1.54) is 44.0 Å². The molecule has 1 saturated carbocycles. The molecule has 6 aromatic heterocycles. The number of aromatic nitrogens is 10. The van der Waals surface area contributed by atoms with Gasteiger partial charge < -0.3 is 29.6 Å². The number of pyridine rings is 2. The zero-order valence-electron chi connectivity index (χ0n) is 32.3. The molecule has 308 valence electrons. The zero-order chi connectivity index (χ0) is 42.0. The van der Waals surface area contributed by atoms with Crippen LogP contribution >= 0.6 is 0 Å². The number of piperazine rings is 2. The number of hydrogen-bond acceptors (Lipinski definition) is 11. The summed E-state index contributed by atoms with van der Waals surface area (Å²) in [6, 6.07) is -0.292. The quantitative estimate of drug-likeness (QED) is 0.115. The lowest BCUT2D eigenvalue weighted by Gasteiger charge is -2.35. The van der Waals surface area contributed by atoms with Gasteiger partial charge in [0.1, 0.15) is 11.6 Å². The lowest BCUT2D eigenvalue weighted by molar-refractivity contribution is -0.759. The number of halogens is 2. The fourth-order valence-corrected chi connectivity index (χ4v) is 7.92. The maximum Gasteiger partial charge on any atom is 0.295 e. The normalized spacial score (nSPS) is 18.1. The van der Waals surface area contributed by atoms with Crippen LogP contribution in [-0.4, -0.2) is 152 Å². The number of Topliss-reactive ketones (excluding diaryl/α,β-unsaturated/α-hetero) is 2. The molecule has 9 rings (SSSR count). The summed E-state index contributed by atoms with van der Waals surface area (Å²) in [5.41, 5.74) is 0.0220. The minimum Gasteiger partial charge on any atom is -0.357 e. The lowest BCUT2D eigenvalue weighted by atomic mass is 10.1. The second kappa shape index (κ2) is 14.8. The van der Waals surface area contributed by atoms with E-state index in [4.69, 9.17) is 0 Å². The fourth-order valence-electron chi connectivity index (χ4n) is 7.92. The molecule has 8 heterocycles. The highest BCUT2D eigenvalue weighted by Crippen LogP contribution is 2.40. The molecule has 4 amide bonds. The summed E-state index contributed by atoms with van der Waals surface area (Å²) in [4.78, 5) is 99.2. The van der Waals surface area contributed by atoms with Crippen LogP contribution in [0.25, 0.3) is 33.4 Å². The van der Waals surface area contributed by atoms with Crippen LogP contribution in [0.15, 0.2) is 49.6 Å². The van der Waals surface area contributed by atoms with Gasteiger partial charge in [0.05, 0.1) is 63.3 Å². The molecule has 0 radical (unpaired) electrons. The van der Waals surface area contributed by atoms with E-state index in [0.717, 1.165) is 12.4 Å². The summed E-state index contributed by atoms with van der Waals surface area (Å²) < 4.78 is 34.5. The van der Waals surface area contributed by atoms with Gasteiger partial charge in [-0.3, -0.25) is 28.8 Å². The number of aromatic amines is 2. The van der Waals surface area contributed by atoms with Crippen LogP contribution in [0, 0.1) is 23.5 Å². The Balaban J connectivity index is 0.825. The summed E-state index contributed by atoms with van der Waals surface area (Å²) in [7, 11) is 0. The standard InChI is InChI=1S/C38H36F2N14O6/c1-20(2)35(57)48-5-9-50(10-6-48)37(59)32(56)23-17-42-30-28(23)25(40)19-44-34(30)54-14-13-52(47-54)26-15-21(26)36(58)49-7-11-51(12-8-49)38(60)31(55)22-16-41-29-27(22)24(39)18-43-33(29)53-4-3-45-46-53/h3-4,13-14,16-21,26H,5-12,15H2,1-2H3,(H-,41,42,43,44,47,55,56)/p+1. The molecule has 0 bridgehead atoms.